The Morgan fingerprint density at radius 3 is 1.38 bits per heavy atom. The molecule has 8 heavy (non-hydrogen) atoms. The fraction of sp³-hybridized carbons (Fsp3) is 1.00. The molecular formula is C5H15ClN2. The van der Waals surface area contributed by atoms with Crippen molar-refractivity contribution in [3.8, 4) is 0 Å². The summed E-state index contributed by atoms with van der Waals surface area (Å²) in [5, 5.41) is 0. The summed E-state index contributed by atoms with van der Waals surface area (Å²) in [7, 11) is 0. The van der Waals surface area contributed by atoms with Gasteiger partial charge in [0.2, 0.25) is 0 Å². The molecule has 0 amide bonds. The normalized spacial score (nSPS) is 10.5. The molecule has 3 heteroatoms. The van der Waals surface area contributed by atoms with Crippen molar-refractivity contribution < 1.29 is 0 Å². The molecule has 52 valence electrons. The monoisotopic (exact) mass is 138 g/mol. The molecule has 0 radical (unpaired) electrons. The highest BCUT2D eigenvalue weighted by molar-refractivity contribution is 5.85. The van der Waals surface area contributed by atoms with Gasteiger partial charge in [-0.05, 0) is 12.8 Å². The summed E-state index contributed by atoms with van der Waals surface area (Å²) in [5.74, 6) is 0. The number of nitrogens with two attached hydrogens (primary N) is 2. The Hall–Kier alpha value is 0.210. The number of hydrogen-bond acceptors (Lipinski definition) is 2. The molecule has 0 saturated heterocycles. The van der Waals surface area contributed by atoms with Crippen LogP contribution in [0.25, 0.3) is 0 Å². The van der Waals surface area contributed by atoms with Crippen LogP contribution in [0.5, 0.6) is 0 Å². The van der Waals surface area contributed by atoms with Crippen molar-refractivity contribution in [2.45, 2.75) is 32.4 Å². The van der Waals surface area contributed by atoms with E-state index in [1.807, 2.05) is 13.8 Å². The molecule has 0 heterocycles. The largest absolute Gasteiger partial charge is 0.314 e. The van der Waals surface area contributed by atoms with Crippen LogP contribution < -0.4 is 11.5 Å². The third-order valence-electron chi connectivity index (χ3n) is 1.32. The quantitative estimate of drug-likeness (QED) is 0.556. The van der Waals surface area contributed by atoms with Crippen molar-refractivity contribution in [2.75, 3.05) is 0 Å². The fourth-order valence-electron chi connectivity index (χ4n) is 0.250. The summed E-state index contributed by atoms with van der Waals surface area (Å²) in [5.41, 5.74) is 10.6. The van der Waals surface area contributed by atoms with E-state index in [1.54, 1.807) is 0 Å². The zero-order valence-corrected chi connectivity index (χ0v) is 6.29. The molecule has 0 aromatic rings. The molecule has 0 fully saturated rings. The van der Waals surface area contributed by atoms with E-state index in [0.717, 1.165) is 12.8 Å². The van der Waals surface area contributed by atoms with Crippen molar-refractivity contribution in [3.05, 3.63) is 0 Å². The van der Waals surface area contributed by atoms with E-state index in [9.17, 15) is 0 Å². The second-order valence-electron chi connectivity index (χ2n) is 1.94. The van der Waals surface area contributed by atoms with Gasteiger partial charge < -0.3 is 11.5 Å². The third kappa shape index (κ3) is 4.37. The predicted octanol–water partition coefficient (Wildman–Crippen LogP) is 0.842. The van der Waals surface area contributed by atoms with Gasteiger partial charge in [-0.2, -0.15) is 0 Å². The molecule has 2 nitrogen and oxygen atoms in total. The minimum atomic E-state index is -0.417. The second-order valence-corrected chi connectivity index (χ2v) is 1.94. The van der Waals surface area contributed by atoms with Crippen LogP contribution in [0.4, 0.5) is 0 Å². The average molecular weight is 139 g/mol. The first kappa shape index (κ1) is 11.1. The first-order valence-corrected chi connectivity index (χ1v) is 2.70. The lowest BCUT2D eigenvalue weighted by Crippen LogP contribution is -2.47. The lowest BCUT2D eigenvalue weighted by atomic mass is 10.1. The van der Waals surface area contributed by atoms with Crippen LogP contribution in [-0.4, -0.2) is 5.66 Å². The van der Waals surface area contributed by atoms with Crippen molar-refractivity contribution in [3.63, 3.8) is 0 Å². The van der Waals surface area contributed by atoms with E-state index < -0.39 is 5.66 Å². The van der Waals surface area contributed by atoms with E-state index in [-0.39, 0.29) is 12.4 Å². The van der Waals surface area contributed by atoms with Gasteiger partial charge in [0.1, 0.15) is 0 Å². The SMILES string of the molecule is CCC(N)(N)CC.Cl. The minimum Gasteiger partial charge on any atom is -0.314 e. The van der Waals surface area contributed by atoms with Crippen molar-refractivity contribution >= 4 is 12.4 Å². The Kier molecular flexibility index (Phi) is 5.71. The van der Waals surface area contributed by atoms with Crippen LogP contribution >= 0.6 is 12.4 Å². The maximum Gasteiger partial charge on any atom is 0.0631 e. The van der Waals surface area contributed by atoms with Crippen LogP contribution in [0.1, 0.15) is 26.7 Å². The van der Waals surface area contributed by atoms with Gasteiger partial charge in [-0.1, -0.05) is 13.8 Å². The van der Waals surface area contributed by atoms with Gasteiger partial charge in [-0.15, -0.1) is 12.4 Å². The maximum absolute atomic E-state index is 5.49. The molecule has 0 aliphatic rings. The Labute approximate surface area is 57.0 Å². The van der Waals surface area contributed by atoms with E-state index in [1.165, 1.54) is 0 Å². The highest BCUT2D eigenvalue weighted by Crippen LogP contribution is 1.99. The molecule has 0 aromatic heterocycles. The van der Waals surface area contributed by atoms with Crippen LogP contribution in [0.2, 0.25) is 0 Å². The molecule has 0 saturated carbocycles. The standard InChI is InChI=1S/C5H14N2.ClH/c1-3-5(6,7)4-2;/h3-4,6-7H2,1-2H3;1H. The molecule has 0 bridgehead atoms. The summed E-state index contributed by atoms with van der Waals surface area (Å²) in [6.07, 6.45) is 1.70. The van der Waals surface area contributed by atoms with Crippen LogP contribution in [-0.2, 0) is 0 Å². The fourth-order valence-corrected chi connectivity index (χ4v) is 0.250. The Morgan fingerprint density at radius 1 is 1.12 bits per heavy atom. The van der Waals surface area contributed by atoms with Gasteiger partial charge in [0.25, 0.3) is 0 Å². The van der Waals surface area contributed by atoms with E-state index in [2.05, 4.69) is 0 Å². The predicted molar refractivity (Wildman–Crippen MR) is 38.9 cm³/mol. The zero-order valence-electron chi connectivity index (χ0n) is 5.48. The summed E-state index contributed by atoms with van der Waals surface area (Å²) in [6.45, 7) is 3.98. The van der Waals surface area contributed by atoms with Gasteiger partial charge in [-0.25, -0.2) is 0 Å². The molecule has 0 atom stereocenters. The molecule has 0 rings (SSSR count). The van der Waals surface area contributed by atoms with Crippen LogP contribution in [0.15, 0.2) is 0 Å². The highest BCUT2D eigenvalue weighted by Gasteiger charge is 2.10. The first-order chi connectivity index (χ1) is 3.12. The molecule has 0 spiro atoms. The Morgan fingerprint density at radius 2 is 1.38 bits per heavy atom. The van der Waals surface area contributed by atoms with Crippen LogP contribution in [0, 0.1) is 0 Å². The maximum atomic E-state index is 5.49. The van der Waals surface area contributed by atoms with Crippen molar-refractivity contribution in [1.82, 2.24) is 0 Å². The highest BCUT2D eigenvalue weighted by atomic mass is 35.5. The summed E-state index contributed by atoms with van der Waals surface area (Å²) in [4.78, 5) is 0. The average Bonchev–Trinajstić information content (AvgIpc) is 1.68. The molecule has 0 aliphatic carbocycles. The smallest absolute Gasteiger partial charge is 0.0631 e. The Balaban J connectivity index is 0. The van der Waals surface area contributed by atoms with Gasteiger partial charge in [0.15, 0.2) is 0 Å². The molecule has 0 aromatic carbocycles. The first-order valence-electron chi connectivity index (χ1n) is 2.70. The van der Waals surface area contributed by atoms with Gasteiger partial charge in [-0.3, -0.25) is 0 Å². The van der Waals surface area contributed by atoms with Crippen molar-refractivity contribution in [1.29, 1.82) is 0 Å². The topological polar surface area (TPSA) is 52.0 Å². The van der Waals surface area contributed by atoms with Gasteiger partial charge in [0.05, 0.1) is 5.66 Å². The third-order valence-corrected chi connectivity index (χ3v) is 1.32. The molecule has 0 unspecified atom stereocenters. The van der Waals surface area contributed by atoms with E-state index in [0.29, 0.717) is 0 Å². The molecule has 4 N–H and O–H groups in total. The molecule has 0 aliphatic heterocycles. The lowest BCUT2D eigenvalue weighted by Gasteiger charge is -2.19. The number of halogens is 1. The Bertz CT molecular complexity index is 48.4. The van der Waals surface area contributed by atoms with Crippen molar-refractivity contribution in [2.24, 2.45) is 11.5 Å². The summed E-state index contributed by atoms with van der Waals surface area (Å²) < 4.78 is 0. The zero-order chi connectivity index (χ0) is 5.91. The van der Waals surface area contributed by atoms with E-state index in [4.69, 9.17) is 11.5 Å². The second kappa shape index (κ2) is 4.13. The van der Waals surface area contributed by atoms with E-state index >= 15 is 0 Å². The summed E-state index contributed by atoms with van der Waals surface area (Å²) >= 11 is 0. The number of hydrogen-bond donors (Lipinski definition) is 2. The minimum absolute atomic E-state index is 0. The van der Waals surface area contributed by atoms with Crippen LogP contribution in [0.3, 0.4) is 0 Å². The van der Waals surface area contributed by atoms with Gasteiger partial charge in [0, 0.05) is 0 Å². The lowest BCUT2D eigenvalue weighted by molar-refractivity contribution is 0.412. The van der Waals surface area contributed by atoms with Gasteiger partial charge >= 0.3 is 0 Å². The summed E-state index contributed by atoms with van der Waals surface area (Å²) in [6, 6.07) is 0. The number of rotatable bonds is 2. The molecular weight excluding hydrogens is 124 g/mol.